The Morgan fingerprint density at radius 1 is 1.46 bits per heavy atom. The summed E-state index contributed by atoms with van der Waals surface area (Å²) < 4.78 is 5.28. The minimum atomic E-state index is 0.637. The number of ether oxygens (including phenoxy) is 1. The van der Waals surface area contributed by atoms with Crippen LogP contribution in [-0.2, 0) is 6.42 Å². The van der Waals surface area contributed by atoms with Gasteiger partial charge in [-0.1, -0.05) is 23.8 Å². The normalized spacial score (nSPS) is 13.8. The molecule has 0 saturated heterocycles. The Morgan fingerprint density at radius 3 is 3.00 bits per heavy atom. The van der Waals surface area contributed by atoms with Crippen LogP contribution in [0.5, 0.6) is 5.75 Å². The molecule has 1 aliphatic rings. The molecule has 0 heterocycles. The molecule has 0 radical (unpaired) electrons. The van der Waals surface area contributed by atoms with Crippen molar-refractivity contribution in [1.29, 1.82) is 0 Å². The second-order valence-electron chi connectivity index (χ2n) is 3.21. The van der Waals surface area contributed by atoms with E-state index in [1.165, 1.54) is 16.7 Å². The fourth-order valence-electron chi connectivity index (χ4n) is 1.73. The first-order valence-corrected chi connectivity index (χ1v) is 4.40. The van der Waals surface area contributed by atoms with E-state index in [0.717, 1.165) is 12.2 Å². The second kappa shape index (κ2) is 3.23. The summed E-state index contributed by atoms with van der Waals surface area (Å²) in [4.78, 5) is 0. The molecule has 2 heteroatoms. The summed E-state index contributed by atoms with van der Waals surface area (Å²) in [6.45, 7) is 0.637. The van der Waals surface area contributed by atoms with Gasteiger partial charge in [0, 0.05) is 12.1 Å². The molecular weight excluding hydrogens is 162 g/mol. The van der Waals surface area contributed by atoms with Crippen LogP contribution >= 0.6 is 0 Å². The predicted octanol–water partition coefficient (Wildman–Crippen LogP) is 1.59. The van der Waals surface area contributed by atoms with E-state index in [9.17, 15) is 0 Å². The average molecular weight is 175 g/mol. The first-order chi connectivity index (χ1) is 6.35. The smallest absolute Gasteiger partial charge is 0.122 e. The van der Waals surface area contributed by atoms with Gasteiger partial charge in [-0.3, -0.25) is 0 Å². The first-order valence-electron chi connectivity index (χ1n) is 4.40. The maximum absolute atomic E-state index is 5.60. The summed E-state index contributed by atoms with van der Waals surface area (Å²) in [5.74, 6) is 0.970. The van der Waals surface area contributed by atoms with E-state index in [2.05, 4.69) is 12.1 Å². The topological polar surface area (TPSA) is 35.2 Å². The van der Waals surface area contributed by atoms with E-state index in [1.54, 1.807) is 7.11 Å². The molecule has 0 aromatic heterocycles. The predicted molar refractivity (Wildman–Crippen MR) is 53.7 cm³/mol. The second-order valence-corrected chi connectivity index (χ2v) is 3.21. The van der Waals surface area contributed by atoms with Crippen molar-refractivity contribution in [2.45, 2.75) is 6.42 Å². The first kappa shape index (κ1) is 8.32. The highest BCUT2D eigenvalue weighted by molar-refractivity contribution is 5.67. The van der Waals surface area contributed by atoms with Gasteiger partial charge in [0.15, 0.2) is 0 Å². The average Bonchev–Trinajstić information content (AvgIpc) is 2.59. The molecule has 0 fully saturated rings. The SMILES string of the molecule is COc1cccc2c1CC(CN)=C2. The number of fused-ring (bicyclic) bond motifs is 1. The Labute approximate surface area is 78.0 Å². The molecule has 2 N–H and O–H groups in total. The summed E-state index contributed by atoms with van der Waals surface area (Å²) in [5, 5.41) is 0. The van der Waals surface area contributed by atoms with Crippen molar-refractivity contribution in [3.63, 3.8) is 0 Å². The maximum atomic E-state index is 5.60. The monoisotopic (exact) mass is 175 g/mol. The minimum absolute atomic E-state index is 0.637. The molecule has 68 valence electrons. The van der Waals surface area contributed by atoms with Crippen LogP contribution in [-0.4, -0.2) is 13.7 Å². The van der Waals surface area contributed by atoms with Gasteiger partial charge in [0.05, 0.1) is 7.11 Å². The van der Waals surface area contributed by atoms with Crippen LogP contribution in [0.25, 0.3) is 6.08 Å². The van der Waals surface area contributed by atoms with E-state index in [0.29, 0.717) is 6.54 Å². The lowest BCUT2D eigenvalue weighted by Gasteiger charge is -2.06. The Balaban J connectivity index is 2.41. The highest BCUT2D eigenvalue weighted by Crippen LogP contribution is 2.31. The number of hydrogen-bond donors (Lipinski definition) is 1. The number of benzene rings is 1. The standard InChI is InChI=1S/C11H13NO/c1-13-11-4-2-3-9-5-8(7-12)6-10(9)11/h2-5H,6-7,12H2,1H3. The molecule has 13 heavy (non-hydrogen) atoms. The number of hydrogen-bond acceptors (Lipinski definition) is 2. The molecule has 2 nitrogen and oxygen atoms in total. The molecule has 0 spiro atoms. The van der Waals surface area contributed by atoms with Gasteiger partial charge in [0.1, 0.15) is 5.75 Å². The Kier molecular flexibility index (Phi) is 2.07. The van der Waals surface area contributed by atoms with Crippen LogP contribution in [0.2, 0.25) is 0 Å². The van der Waals surface area contributed by atoms with Crippen molar-refractivity contribution in [2.24, 2.45) is 5.73 Å². The number of methoxy groups -OCH3 is 1. The van der Waals surface area contributed by atoms with Crippen LogP contribution in [0.1, 0.15) is 11.1 Å². The largest absolute Gasteiger partial charge is 0.496 e. The Hall–Kier alpha value is -1.28. The fourth-order valence-corrected chi connectivity index (χ4v) is 1.73. The van der Waals surface area contributed by atoms with Gasteiger partial charge in [-0.25, -0.2) is 0 Å². The Bertz CT molecular complexity index is 355. The van der Waals surface area contributed by atoms with Crippen molar-refractivity contribution in [2.75, 3.05) is 13.7 Å². The van der Waals surface area contributed by atoms with E-state index in [-0.39, 0.29) is 0 Å². The lowest BCUT2D eigenvalue weighted by atomic mass is 10.1. The maximum Gasteiger partial charge on any atom is 0.122 e. The zero-order chi connectivity index (χ0) is 9.26. The van der Waals surface area contributed by atoms with Gasteiger partial charge in [-0.05, 0) is 18.1 Å². The van der Waals surface area contributed by atoms with E-state index < -0.39 is 0 Å². The van der Waals surface area contributed by atoms with Crippen molar-refractivity contribution >= 4 is 6.08 Å². The van der Waals surface area contributed by atoms with E-state index in [1.807, 2.05) is 12.1 Å². The summed E-state index contributed by atoms with van der Waals surface area (Å²) in [5.41, 5.74) is 9.39. The van der Waals surface area contributed by atoms with Gasteiger partial charge in [-0.2, -0.15) is 0 Å². The number of rotatable bonds is 2. The van der Waals surface area contributed by atoms with Gasteiger partial charge >= 0.3 is 0 Å². The lowest BCUT2D eigenvalue weighted by molar-refractivity contribution is 0.410. The fraction of sp³-hybridized carbons (Fsp3) is 0.273. The van der Waals surface area contributed by atoms with Crippen LogP contribution < -0.4 is 10.5 Å². The third kappa shape index (κ3) is 1.33. The molecular formula is C11H13NO. The van der Waals surface area contributed by atoms with E-state index in [4.69, 9.17) is 10.5 Å². The van der Waals surface area contributed by atoms with Crippen LogP contribution in [0.4, 0.5) is 0 Å². The molecule has 1 aromatic rings. The minimum Gasteiger partial charge on any atom is -0.496 e. The quantitative estimate of drug-likeness (QED) is 0.740. The van der Waals surface area contributed by atoms with Crippen molar-refractivity contribution in [3.05, 3.63) is 34.9 Å². The summed E-state index contributed by atoms with van der Waals surface area (Å²) in [7, 11) is 1.70. The molecule has 0 aliphatic heterocycles. The van der Waals surface area contributed by atoms with Crippen LogP contribution in [0.15, 0.2) is 23.8 Å². The molecule has 0 bridgehead atoms. The zero-order valence-corrected chi connectivity index (χ0v) is 7.71. The molecule has 0 saturated carbocycles. The van der Waals surface area contributed by atoms with Gasteiger partial charge in [0.2, 0.25) is 0 Å². The van der Waals surface area contributed by atoms with Crippen LogP contribution in [0, 0.1) is 0 Å². The summed E-state index contributed by atoms with van der Waals surface area (Å²) >= 11 is 0. The van der Waals surface area contributed by atoms with Crippen molar-refractivity contribution < 1.29 is 4.74 Å². The summed E-state index contributed by atoms with van der Waals surface area (Å²) in [6.07, 6.45) is 3.09. The van der Waals surface area contributed by atoms with Crippen LogP contribution in [0.3, 0.4) is 0 Å². The summed E-state index contributed by atoms with van der Waals surface area (Å²) in [6, 6.07) is 6.10. The Morgan fingerprint density at radius 2 is 2.31 bits per heavy atom. The molecule has 1 aromatic carbocycles. The molecule has 1 aliphatic carbocycles. The highest BCUT2D eigenvalue weighted by atomic mass is 16.5. The molecule has 0 amide bonds. The number of nitrogens with two attached hydrogens (primary N) is 1. The molecule has 0 atom stereocenters. The van der Waals surface area contributed by atoms with Gasteiger partial charge in [0.25, 0.3) is 0 Å². The zero-order valence-electron chi connectivity index (χ0n) is 7.71. The molecule has 2 rings (SSSR count). The van der Waals surface area contributed by atoms with Gasteiger partial charge < -0.3 is 10.5 Å². The van der Waals surface area contributed by atoms with Crippen molar-refractivity contribution in [1.82, 2.24) is 0 Å². The van der Waals surface area contributed by atoms with Crippen molar-refractivity contribution in [3.8, 4) is 5.75 Å². The molecule has 0 unspecified atom stereocenters. The third-order valence-corrected chi connectivity index (χ3v) is 2.41. The van der Waals surface area contributed by atoms with Gasteiger partial charge in [-0.15, -0.1) is 0 Å². The lowest BCUT2D eigenvalue weighted by Crippen LogP contribution is -2.02. The van der Waals surface area contributed by atoms with E-state index >= 15 is 0 Å². The highest BCUT2D eigenvalue weighted by Gasteiger charge is 2.14. The third-order valence-electron chi connectivity index (χ3n) is 2.41.